The molecule has 120 valence electrons. The molecular weight excluding hydrogens is 380 g/mol. The molecule has 0 saturated carbocycles. The summed E-state index contributed by atoms with van der Waals surface area (Å²) < 4.78 is 6.80. The van der Waals surface area contributed by atoms with E-state index in [1.165, 1.54) is 0 Å². The van der Waals surface area contributed by atoms with Crippen LogP contribution in [0.5, 0.6) is 0 Å². The third-order valence-corrected chi connectivity index (χ3v) is 4.38. The van der Waals surface area contributed by atoms with E-state index in [1.807, 2.05) is 36.4 Å². The standard InChI is InChI=1S/C17H16BrClN2O2/c18-13-4-1-3-12(9-13)16-11-21(7-8-23-16)17(22)20-15-6-2-5-14(19)10-15/h1-6,9-10,16H,7-8,11H2,(H,20,22). The van der Waals surface area contributed by atoms with Gasteiger partial charge < -0.3 is 15.0 Å². The van der Waals surface area contributed by atoms with E-state index in [0.29, 0.717) is 30.4 Å². The minimum Gasteiger partial charge on any atom is -0.370 e. The van der Waals surface area contributed by atoms with E-state index >= 15 is 0 Å². The Morgan fingerprint density at radius 2 is 2.09 bits per heavy atom. The van der Waals surface area contributed by atoms with Gasteiger partial charge in [0.05, 0.1) is 13.2 Å². The Balaban J connectivity index is 1.67. The van der Waals surface area contributed by atoms with Gasteiger partial charge in [0.25, 0.3) is 0 Å². The van der Waals surface area contributed by atoms with Crippen LogP contribution in [0.15, 0.2) is 53.0 Å². The summed E-state index contributed by atoms with van der Waals surface area (Å²) in [6.45, 7) is 1.60. The van der Waals surface area contributed by atoms with Crippen LogP contribution < -0.4 is 5.32 Å². The summed E-state index contributed by atoms with van der Waals surface area (Å²) in [4.78, 5) is 14.2. The van der Waals surface area contributed by atoms with E-state index in [4.69, 9.17) is 16.3 Å². The van der Waals surface area contributed by atoms with Crippen molar-refractivity contribution in [3.63, 3.8) is 0 Å². The first-order chi connectivity index (χ1) is 11.1. The largest absolute Gasteiger partial charge is 0.370 e. The van der Waals surface area contributed by atoms with Crippen molar-refractivity contribution in [2.24, 2.45) is 0 Å². The highest BCUT2D eigenvalue weighted by Gasteiger charge is 2.25. The van der Waals surface area contributed by atoms with Gasteiger partial charge in [-0.1, -0.05) is 45.7 Å². The van der Waals surface area contributed by atoms with Gasteiger partial charge in [0.2, 0.25) is 0 Å². The van der Waals surface area contributed by atoms with Gasteiger partial charge in [0, 0.05) is 21.7 Å². The molecule has 2 aromatic rings. The molecule has 2 amide bonds. The monoisotopic (exact) mass is 394 g/mol. The second-order valence-electron chi connectivity index (χ2n) is 5.30. The second-order valence-corrected chi connectivity index (χ2v) is 6.65. The fourth-order valence-corrected chi connectivity index (χ4v) is 3.12. The predicted molar refractivity (Wildman–Crippen MR) is 94.9 cm³/mol. The molecule has 1 atom stereocenters. The Bertz CT molecular complexity index is 710. The number of anilines is 1. The van der Waals surface area contributed by atoms with Gasteiger partial charge in [-0.3, -0.25) is 0 Å². The van der Waals surface area contributed by atoms with Crippen molar-refractivity contribution in [2.45, 2.75) is 6.10 Å². The molecule has 1 aliphatic rings. The summed E-state index contributed by atoms with van der Waals surface area (Å²) in [7, 11) is 0. The number of hydrogen-bond acceptors (Lipinski definition) is 2. The Labute approximate surface area is 148 Å². The van der Waals surface area contributed by atoms with Gasteiger partial charge in [-0.25, -0.2) is 4.79 Å². The lowest BCUT2D eigenvalue weighted by Gasteiger charge is -2.33. The van der Waals surface area contributed by atoms with Gasteiger partial charge in [0.15, 0.2) is 0 Å². The van der Waals surface area contributed by atoms with Crippen molar-refractivity contribution in [3.8, 4) is 0 Å². The number of halogens is 2. The molecule has 0 aliphatic carbocycles. The van der Waals surface area contributed by atoms with Gasteiger partial charge >= 0.3 is 6.03 Å². The Morgan fingerprint density at radius 1 is 1.26 bits per heavy atom. The molecule has 23 heavy (non-hydrogen) atoms. The zero-order chi connectivity index (χ0) is 16.2. The van der Waals surface area contributed by atoms with Gasteiger partial charge in [-0.2, -0.15) is 0 Å². The molecule has 1 heterocycles. The van der Waals surface area contributed by atoms with E-state index in [0.717, 1.165) is 10.0 Å². The fourth-order valence-electron chi connectivity index (χ4n) is 2.51. The zero-order valence-corrected chi connectivity index (χ0v) is 14.7. The summed E-state index contributed by atoms with van der Waals surface area (Å²) in [5.74, 6) is 0. The number of benzene rings is 2. The predicted octanol–water partition coefficient (Wildman–Crippen LogP) is 4.71. The van der Waals surface area contributed by atoms with Crippen molar-refractivity contribution >= 4 is 39.2 Å². The molecule has 1 fully saturated rings. The van der Waals surface area contributed by atoms with Crippen LogP contribution in [0, 0.1) is 0 Å². The number of carbonyl (C=O) groups excluding carboxylic acids is 1. The zero-order valence-electron chi connectivity index (χ0n) is 12.3. The van der Waals surface area contributed by atoms with Crippen LogP contribution in [0.3, 0.4) is 0 Å². The molecule has 0 radical (unpaired) electrons. The smallest absolute Gasteiger partial charge is 0.322 e. The van der Waals surface area contributed by atoms with Crippen molar-refractivity contribution in [1.29, 1.82) is 0 Å². The number of urea groups is 1. The lowest BCUT2D eigenvalue weighted by Crippen LogP contribution is -2.44. The highest BCUT2D eigenvalue weighted by molar-refractivity contribution is 9.10. The molecule has 2 aromatic carbocycles. The average Bonchev–Trinajstić information content (AvgIpc) is 2.55. The van der Waals surface area contributed by atoms with Gasteiger partial charge in [0.1, 0.15) is 6.10 Å². The van der Waals surface area contributed by atoms with Crippen molar-refractivity contribution in [1.82, 2.24) is 4.90 Å². The van der Waals surface area contributed by atoms with E-state index in [1.54, 1.807) is 17.0 Å². The van der Waals surface area contributed by atoms with Crippen molar-refractivity contribution in [2.75, 3.05) is 25.0 Å². The molecule has 6 heteroatoms. The fraction of sp³-hybridized carbons (Fsp3) is 0.235. The Hall–Kier alpha value is -1.56. The number of nitrogens with zero attached hydrogens (tertiary/aromatic N) is 1. The lowest BCUT2D eigenvalue weighted by atomic mass is 10.1. The third-order valence-electron chi connectivity index (χ3n) is 3.65. The van der Waals surface area contributed by atoms with Crippen LogP contribution in [-0.4, -0.2) is 30.6 Å². The Kier molecular flexibility index (Phi) is 5.20. The second kappa shape index (κ2) is 7.34. The molecule has 3 rings (SSSR count). The average molecular weight is 396 g/mol. The van der Waals surface area contributed by atoms with Crippen molar-refractivity contribution in [3.05, 3.63) is 63.6 Å². The summed E-state index contributed by atoms with van der Waals surface area (Å²) in [6, 6.07) is 14.9. The maximum absolute atomic E-state index is 12.4. The maximum atomic E-state index is 12.4. The molecule has 1 N–H and O–H groups in total. The number of ether oxygens (including phenoxy) is 1. The topological polar surface area (TPSA) is 41.6 Å². The van der Waals surface area contributed by atoms with E-state index in [9.17, 15) is 4.79 Å². The summed E-state index contributed by atoms with van der Waals surface area (Å²) in [6.07, 6.45) is -0.119. The highest BCUT2D eigenvalue weighted by Crippen LogP contribution is 2.25. The third kappa shape index (κ3) is 4.25. The van der Waals surface area contributed by atoms with Crippen LogP contribution in [0.4, 0.5) is 10.5 Å². The first-order valence-corrected chi connectivity index (χ1v) is 8.47. The van der Waals surface area contributed by atoms with Crippen LogP contribution in [0.1, 0.15) is 11.7 Å². The van der Waals surface area contributed by atoms with E-state index < -0.39 is 0 Å². The number of hydrogen-bond donors (Lipinski definition) is 1. The summed E-state index contributed by atoms with van der Waals surface area (Å²) >= 11 is 9.41. The molecule has 1 aliphatic heterocycles. The highest BCUT2D eigenvalue weighted by atomic mass is 79.9. The van der Waals surface area contributed by atoms with Crippen LogP contribution in [0.2, 0.25) is 5.02 Å². The number of morpholine rings is 1. The molecule has 1 unspecified atom stereocenters. The lowest BCUT2D eigenvalue weighted by molar-refractivity contribution is -0.0135. The number of rotatable bonds is 2. The molecule has 0 aromatic heterocycles. The van der Waals surface area contributed by atoms with Crippen LogP contribution >= 0.6 is 27.5 Å². The summed E-state index contributed by atoms with van der Waals surface area (Å²) in [5.41, 5.74) is 1.74. The first kappa shape index (κ1) is 16.3. The Morgan fingerprint density at radius 3 is 2.87 bits per heavy atom. The van der Waals surface area contributed by atoms with Gasteiger partial charge in [-0.15, -0.1) is 0 Å². The quantitative estimate of drug-likeness (QED) is 0.800. The molecular formula is C17H16BrClN2O2. The molecule has 0 spiro atoms. The van der Waals surface area contributed by atoms with Gasteiger partial charge in [-0.05, 0) is 35.9 Å². The SMILES string of the molecule is O=C(Nc1cccc(Cl)c1)N1CCOC(c2cccc(Br)c2)C1. The number of carbonyl (C=O) groups is 1. The van der Waals surface area contributed by atoms with Crippen LogP contribution in [0.25, 0.3) is 0 Å². The normalized spacial score (nSPS) is 17.8. The van der Waals surface area contributed by atoms with Crippen LogP contribution in [-0.2, 0) is 4.74 Å². The molecule has 0 bridgehead atoms. The molecule has 4 nitrogen and oxygen atoms in total. The maximum Gasteiger partial charge on any atom is 0.322 e. The number of amides is 2. The molecule has 1 saturated heterocycles. The van der Waals surface area contributed by atoms with E-state index in [2.05, 4.69) is 21.2 Å². The first-order valence-electron chi connectivity index (χ1n) is 7.30. The number of nitrogens with one attached hydrogen (secondary N) is 1. The minimum atomic E-state index is -0.143. The minimum absolute atomic E-state index is 0.119. The van der Waals surface area contributed by atoms with Crippen molar-refractivity contribution < 1.29 is 9.53 Å². The summed E-state index contributed by atoms with van der Waals surface area (Å²) in [5, 5.41) is 3.47. The van der Waals surface area contributed by atoms with E-state index in [-0.39, 0.29) is 12.1 Å².